The van der Waals surface area contributed by atoms with E-state index in [1.807, 2.05) is 0 Å². The molecule has 0 saturated heterocycles. The molecule has 1 aliphatic rings. The molecule has 0 saturated carbocycles. The fourth-order valence-electron chi connectivity index (χ4n) is 2.20. The summed E-state index contributed by atoms with van der Waals surface area (Å²) < 4.78 is 5.60. The second kappa shape index (κ2) is 4.23. The van der Waals surface area contributed by atoms with Crippen molar-refractivity contribution in [3.05, 3.63) is 28.8 Å². The number of hydrogen-bond donors (Lipinski definition) is 1. The molecule has 2 nitrogen and oxygen atoms in total. The Balaban J connectivity index is 2.34. The van der Waals surface area contributed by atoms with Gasteiger partial charge in [0, 0.05) is 18.5 Å². The van der Waals surface area contributed by atoms with Gasteiger partial charge in [0.25, 0.3) is 0 Å². The van der Waals surface area contributed by atoms with Crippen LogP contribution in [0, 0.1) is 5.92 Å². The quantitative estimate of drug-likeness (QED) is 0.821. The van der Waals surface area contributed by atoms with Gasteiger partial charge >= 0.3 is 0 Å². The third kappa shape index (κ3) is 2.15. The van der Waals surface area contributed by atoms with E-state index < -0.39 is 0 Å². The van der Waals surface area contributed by atoms with Crippen LogP contribution >= 0.6 is 0 Å². The van der Waals surface area contributed by atoms with E-state index in [1.54, 1.807) is 0 Å². The Bertz CT molecular complexity index is 358. The molecule has 0 radical (unpaired) electrons. The topological polar surface area (TPSA) is 35.2 Å². The first-order chi connectivity index (χ1) is 7.20. The molecule has 1 aliphatic heterocycles. The fraction of sp³-hybridized carbons (Fsp3) is 0.538. The van der Waals surface area contributed by atoms with Crippen LogP contribution in [0.25, 0.3) is 0 Å². The average Bonchev–Trinajstić information content (AvgIpc) is 2.63. The number of fused-ring (bicyclic) bond motifs is 1. The molecule has 0 spiro atoms. The molecule has 1 heterocycles. The van der Waals surface area contributed by atoms with Gasteiger partial charge in [-0.3, -0.25) is 0 Å². The van der Waals surface area contributed by atoms with Gasteiger partial charge < -0.3 is 10.5 Å². The monoisotopic (exact) mass is 205 g/mol. The Labute approximate surface area is 91.4 Å². The molecule has 15 heavy (non-hydrogen) atoms. The van der Waals surface area contributed by atoms with Gasteiger partial charge in [-0.2, -0.15) is 0 Å². The number of benzene rings is 1. The SMILES string of the molecule is CC(C)Cc1cc(CN)c2c(c1)CCO2. The summed E-state index contributed by atoms with van der Waals surface area (Å²) in [7, 11) is 0. The zero-order valence-electron chi connectivity index (χ0n) is 9.55. The van der Waals surface area contributed by atoms with Crippen molar-refractivity contribution in [2.24, 2.45) is 11.7 Å². The molecule has 1 aromatic carbocycles. The third-order valence-electron chi connectivity index (χ3n) is 2.78. The van der Waals surface area contributed by atoms with Crippen LogP contribution in [0.1, 0.15) is 30.5 Å². The average molecular weight is 205 g/mol. The van der Waals surface area contributed by atoms with E-state index >= 15 is 0 Å². The highest BCUT2D eigenvalue weighted by Gasteiger charge is 2.17. The van der Waals surface area contributed by atoms with E-state index in [9.17, 15) is 0 Å². The van der Waals surface area contributed by atoms with E-state index in [1.165, 1.54) is 16.7 Å². The summed E-state index contributed by atoms with van der Waals surface area (Å²) in [6.45, 7) is 5.87. The van der Waals surface area contributed by atoms with Crippen molar-refractivity contribution >= 4 is 0 Å². The summed E-state index contributed by atoms with van der Waals surface area (Å²) >= 11 is 0. The molecule has 0 bridgehead atoms. The first-order valence-corrected chi connectivity index (χ1v) is 5.68. The number of hydrogen-bond acceptors (Lipinski definition) is 2. The molecular formula is C13H19NO. The first kappa shape index (κ1) is 10.5. The maximum Gasteiger partial charge on any atom is 0.127 e. The van der Waals surface area contributed by atoms with Crippen LogP contribution in [0.4, 0.5) is 0 Å². The zero-order chi connectivity index (χ0) is 10.8. The van der Waals surface area contributed by atoms with E-state index in [0.29, 0.717) is 12.5 Å². The van der Waals surface area contributed by atoms with E-state index in [2.05, 4.69) is 26.0 Å². The van der Waals surface area contributed by atoms with Gasteiger partial charge in [0.15, 0.2) is 0 Å². The van der Waals surface area contributed by atoms with E-state index in [0.717, 1.165) is 25.2 Å². The molecular weight excluding hydrogens is 186 g/mol. The van der Waals surface area contributed by atoms with Crippen molar-refractivity contribution < 1.29 is 4.74 Å². The minimum atomic E-state index is 0.578. The van der Waals surface area contributed by atoms with Crippen molar-refractivity contribution in [3.8, 4) is 5.75 Å². The van der Waals surface area contributed by atoms with E-state index in [4.69, 9.17) is 10.5 Å². The zero-order valence-corrected chi connectivity index (χ0v) is 9.55. The van der Waals surface area contributed by atoms with Crippen molar-refractivity contribution in [3.63, 3.8) is 0 Å². The molecule has 0 atom stereocenters. The van der Waals surface area contributed by atoms with Crippen LogP contribution in [-0.2, 0) is 19.4 Å². The number of ether oxygens (including phenoxy) is 1. The lowest BCUT2D eigenvalue weighted by Crippen LogP contribution is -2.02. The van der Waals surface area contributed by atoms with Crippen molar-refractivity contribution in [2.45, 2.75) is 33.2 Å². The van der Waals surface area contributed by atoms with Crippen LogP contribution in [-0.4, -0.2) is 6.61 Å². The van der Waals surface area contributed by atoms with Crippen molar-refractivity contribution in [1.82, 2.24) is 0 Å². The van der Waals surface area contributed by atoms with Gasteiger partial charge in [-0.05, 0) is 23.5 Å². The lowest BCUT2D eigenvalue weighted by atomic mass is 9.97. The normalized spacial score (nSPS) is 14.1. The van der Waals surface area contributed by atoms with Crippen LogP contribution in [0.3, 0.4) is 0 Å². The van der Waals surface area contributed by atoms with Crippen LogP contribution in [0.2, 0.25) is 0 Å². The third-order valence-corrected chi connectivity index (χ3v) is 2.78. The molecule has 0 aliphatic carbocycles. The summed E-state index contributed by atoms with van der Waals surface area (Å²) in [5, 5.41) is 0. The van der Waals surface area contributed by atoms with Gasteiger partial charge in [-0.25, -0.2) is 0 Å². The number of rotatable bonds is 3. The summed E-state index contributed by atoms with van der Waals surface area (Å²) in [5.74, 6) is 1.74. The smallest absolute Gasteiger partial charge is 0.127 e. The highest BCUT2D eigenvalue weighted by molar-refractivity contribution is 5.47. The predicted octanol–water partition coefficient (Wildman–Crippen LogP) is 2.28. The molecule has 82 valence electrons. The molecule has 0 fully saturated rings. The molecule has 0 amide bonds. The molecule has 2 heteroatoms. The van der Waals surface area contributed by atoms with Gasteiger partial charge in [0.1, 0.15) is 5.75 Å². The predicted molar refractivity (Wildman–Crippen MR) is 62.1 cm³/mol. The maximum absolute atomic E-state index is 5.74. The van der Waals surface area contributed by atoms with Crippen molar-refractivity contribution in [1.29, 1.82) is 0 Å². The highest BCUT2D eigenvalue weighted by atomic mass is 16.5. The molecule has 0 aromatic heterocycles. The Morgan fingerprint density at radius 3 is 2.87 bits per heavy atom. The lowest BCUT2D eigenvalue weighted by Gasteiger charge is -2.11. The highest BCUT2D eigenvalue weighted by Crippen LogP contribution is 2.31. The molecule has 2 N–H and O–H groups in total. The Morgan fingerprint density at radius 1 is 1.40 bits per heavy atom. The molecule has 2 rings (SSSR count). The van der Waals surface area contributed by atoms with Crippen LogP contribution in [0.5, 0.6) is 5.75 Å². The Hall–Kier alpha value is -1.02. The largest absolute Gasteiger partial charge is 0.493 e. The van der Waals surface area contributed by atoms with Crippen LogP contribution < -0.4 is 10.5 Å². The minimum absolute atomic E-state index is 0.578. The van der Waals surface area contributed by atoms with Crippen molar-refractivity contribution in [2.75, 3.05) is 6.61 Å². The second-order valence-electron chi connectivity index (χ2n) is 4.64. The van der Waals surface area contributed by atoms with Gasteiger partial charge in [0.2, 0.25) is 0 Å². The van der Waals surface area contributed by atoms with Gasteiger partial charge in [-0.15, -0.1) is 0 Å². The van der Waals surface area contributed by atoms with Crippen LogP contribution in [0.15, 0.2) is 12.1 Å². The van der Waals surface area contributed by atoms with Gasteiger partial charge in [0.05, 0.1) is 6.61 Å². The lowest BCUT2D eigenvalue weighted by molar-refractivity contribution is 0.353. The van der Waals surface area contributed by atoms with E-state index in [-0.39, 0.29) is 0 Å². The first-order valence-electron chi connectivity index (χ1n) is 5.68. The summed E-state index contributed by atoms with van der Waals surface area (Å²) in [6, 6.07) is 4.48. The summed E-state index contributed by atoms with van der Waals surface area (Å²) in [6.07, 6.45) is 2.16. The Kier molecular flexibility index (Phi) is 2.96. The molecule has 1 aromatic rings. The summed E-state index contributed by atoms with van der Waals surface area (Å²) in [5.41, 5.74) is 9.65. The Morgan fingerprint density at radius 2 is 2.20 bits per heavy atom. The standard InChI is InChI=1S/C13H19NO/c1-9(2)5-10-6-11-3-4-15-13(11)12(7-10)8-14/h6-7,9H,3-5,8,14H2,1-2H3. The van der Waals surface area contributed by atoms with Gasteiger partial charge in [-0.1, -0.05) is 26.0 Å². The summed E-state index contributed by atoms with van der Waals surface area (Å²) in [4.78, 5) is 0. The second-order valence-corrected chi connectivity index (χ2v) is 4.64. The number of nitrogens with two attached hydrogens (primary N) is 1. The maximum atomic E-state index is 5.74. The minimum Gasteiger partial charge on any atom is -0.493 e. The fourth-order valence-corrected chi connectivity index (χ4v) is 2.20. The molecule has 0 unspecified atom stereocenters.